The predicted molar refractivity (Wildman–Crippen MR) is 111 cm³/mol. The number of non-ortho nitro benzene ring substituents is 1. The normalized spacial score (nSPS) is 13.7. The number of carbonyl (C=O) groups is 1. The summed E-state index contributed by atoms with van der Waals surface area (Å²) in [5.41, 5.74) is 1.61. The number of amides is 1. The molecule has 1 amide bonds. The Morgan fingerprint density at radius 3 is 2.61 bits per heavy atom. The first-order valence-corrected chi connectivity index (χ1v) is 9.22. The van der Waals surface area contributed by atoms with Crippen molar-refractivity contribution in [3.63, 3.8) is 0 Å². The van der Waals surface area contributed by atoms with Gasteiger partial charge in [0.25, 0.3) is 11.6 Å². The van der Waals surface area contributed by atoms with Gasteiger partial charge in [-0.1, -0.05) is 23.7 Å². The van der Waals surface area contributed by atoms with Crippen LogP contribution in [0.5, 0.6) is 0 Å². The Balaban J connectivity index is 1.69. The van der Waals surface area contributed by atoms with Crippen LogP contribution in [-0.4, -0.2) is 42.2 Å². The van der Waals surface area contributed by atoms with Gasteiger partial charge in [0.2, 0.25) is 0 Å². The number of rotatable bonds is 4. The van der Waals surface area contributed by atoms with Gasteiger partial charge in [0.05, 0.1) is 40.1 Å². The number of thiocarbonyl (C=S) groups is 1. The van der Waals surface area contributed by atoms with Crippen LogP contribution in [0.2, 0.25) is 5.02 Å². The molecule has 1 saturated heterocycles. The summed E-state index contributed by atoms with van der Waals surface area (Å²) in [6, 6.07) is 11.2. The van der Waals surface area contributed by atoms with Crippen LogP contribution in [0, 0.1) is 10.1 Å². The molecule has 2 aromatic carbocycles. The van der Waals surface area contributed by atoms with Gasteiger partial charge < -0.3 is 15.0 Å². The Hall–Kier alpha value is -2.75. The number of nitrogens with one attached hydrogen (secondary N) is 2. The summed E-state index contributed by atoms with van der Waals surface area (Å²) in [7, 11) is 0. The van der Waals surface area contributed by atoms with E-state index in [0.29, 0.717) is 13.2 Å². The lowest BCUT2D eigenvalue weighted by Gasteiger charge is -2.30. The monoisotopic (exact) mass is 420 g/mol. The minimum absolute atomic E-state index is 0.0248. The van der Waals surface area contributed by atoms with Crippen molar-refractivity contribution in [2.45, 2.75) is 0 Å². The smallest absolute Gasteiger partial charge is 0.270 e. The van der Waals surface area contributed by atoms with Crippen molar-refractivity contribution in [3.8, 4) is 0 Å². The molecule has 28 heavy (non-hydrogen) atoms. The Labute approximate surface area is 171 Å². The summed E-state index contributed by atoms with van der Waals surface area (Å²) in [5, 5.41) is 16.4. The van der Waals surface area contributed by atoms with E-state index < -0.39 is 10.8 Å². The van der Waals surface area contributed by atoms with Crippen LogP contribution < -0.4 is 15.5 Å². The van der Waals surface area contributed by atoms with Gasteiger partial charge in [-0.25, -0.2) is 0 Å². The van der Waals surface area contributed by atoms with E-state index >= 15 is 0 Å². The van der Waals surface area contributed by atoms with Gasteiger partial charge in [-0.05, 0) is 30.4 Å². The lowest BCUT2D eigenvalue weighted by atomic mass is 10.2. The average Bonchev–Trinajstić information content (AvgIpc) is 2.68. The number of hydrogen-bond donors (Lipinski definition) is 2. The average molecular weight is 421 g/mol. The molecular weight excluding hydrogens is 404 g/mol. The molecule has 3 rings (SSSR count). The topological polar surface area (TPSA) is 96.7 Å². The molecule has 1 aliphatic rings. The lowest BCUT2D eigenvalue weighted by molar-refractivity contribution is -0.384. The van der Waals surface area contributed by atoms with Gasteiger partial charge in [0.1, 0.15) is 0 Å². The zero-order valence-corrected chi connectivity index (χ0v) is 16.3. The fourth-order valence-corrected chi connectivity index (χ4v) is 3.25. The molecule has 0 bridgehead atoms. The predicted octanol–water partition coefficient (Wildman–Crippen LogP) is 3.21. The number of benzene rings is 2. The summed E-state index contributed by atoms with van der Waals surface area (Å²) < 4.78 is 5.38. The molecule has 0 spiro atoms. The summed E-state index contributed by atoms with van der Waals surface area (Å²) in [6.07, 6.45) is 0. The number of morpholine rings is 1. The second-order valence-corrected chi connectivity index (χ2v) is 6.76. The summed E-state index contributed by atoms with van der Waals surface area (Å²) in [6.45, 7) is 2.81. The minimum Gasteiger partial charge on any atom is -0.378 e. The van der Waals surface area contributed by atoms with E-state index in [-0.39, 0.29) is 21.4 Å². The molecule has 0 aromatic heterocycles. The van der Waals surface area contributed by atoms with Gasteiger partial charge in [-0.2, -0.15) is 0 Å². The zero-order chi connectivity index (χ0) is 20.1. The van der Waals surface area contributed by atoms with Crippen molar-refractivity contribution in [1.29, 1.82) is 0 Å². The number of halogens is 1. The Morgan fingerprint density at radius 1 is 1.21 bits per heavy atom. The van der Waals surface area contributed by atoms with E-state index in [1.165, 1.54) is 12.1 Å². The van der Waals surface area contributed by atoms with E-state index in [1.807, 2.05) is 24.3 Å². The maximum atomic E-state index is 12.4. The van der Waals surface area contributed by atoms with Crippen LogP contribution in [0.1, 0.15) is 10.4 Å². The number of nitrogens with zero attached hydrogens (tertiary/aromatic N) is 2. The summed E-state index contributed by atoms with van der Waals surface area (Å²) in [5.74, 6) is -0.554. The third kappa shape index (κ3) is 4.75. The molecular formula is C18H17ClN4O4S. The second-order valence-electron chi connectivity index (χ2n) is 5.95. The summed E-state index contributed by atoms with van der Waals surface area (Å²) in [4.78, 5) is 24.8. The first kappa shape index (κ1) is 20.0. The number of para-hydroxylation sites is 2. The zero-order valence-electron chi connectivity index (χ0n) is 14.7. The van der Waals surface area contributed by atoms with Crippen LogP contribution in [-0.2, 0) is 4.74 Å². The Morgan fingerprint density at radius 2 is 1.93 bits per heavy atom. The fourth-order valence-electron chi connectivity index (χ4n) is 2.79. The molecule has 10 heteroatoms. The van der Waals surface area contributed by atoms with E-state index in [4.69, 9.17) is 28.6 Å². The Bertz CT molecular complexity index is 918. The van der Waals surface area contributed by atoms with Crippen molar-refractivity contribution >= 4 is 51.9 Å². The second kappa shape index (κ2) is 8.96. The maximum Gasteiger partial charge on any atom is 0.270 e. The molecule has 0 unspecified atom stereocenters. The molecule has 1 heterocycles. The SMILES string of the molecule is O=C(NC(=S)Nc1ccccc1N1CCOCC1)c1ccc([N+](=O)[O-])cc1Cl. The third-order valence-electron chi connectivity index (χ3n) is 4.14. The number of carbonyl (C=O) groups excluding carboxylic acids is 1. The van der Waals surface area contributed by atoms with Crippen LogP contribution in [0.4, 0.5) is 17.1 Å². The van der Waals surface area contributed by atoms with Crippen molar-refractivity contribution in [3.05, 3.63) is 63.2 Å². The van der Waals surface area contributed by atoms with E-state index in [1.54, 1.807) is 0 Å². The number of nitro benzene ring substituents is 1. The molecule has 0 saturated carbocycles. The van der Waals surface area contributed by atoms with Crippen LogP contribution in [0.3, 0.4) is 0 Å². The van der Waals surface area contributed by atoms with Crippen LogP contribution in [0.15, 0.2) is 42.5 Å². The van der Waals surface area contributed by atoms with E-state index in [0.717, 1.165) is 30.5 Å². The van der Waals surface area contributed by atoms with E-state index in [9.17, 15) is 14.9 Å². The first-order chi connectivity index (χ1) is 13.5. The van der Waals surface area contributed by atoms with Crippen molar-refractivity contribution in [2.75, 3.05) is 36.5 Å². The van der Waals surface area contributed by atoms with Crippen LogP contribution in [0.25, 0.3) is 0 Å². The molecule has 0 radical (unpaired) electrons. The Kier molecular flexibility index (Phi) is 6.40. The first-order valence-electron chi connectivity index (χ1n) is 8.43. The molecule has 1 fully saturated rings. The van der Waals surface area contributed by atoms with Crippen molar-refractivity contribution in [2.24, 2.45) is 0 Å². The largest absolute Gasteiger partial charge is 0.378 e. The number of hydrogen-bond acceptors (Lipinski definition) is 6. The molecule has 8 nitrogen and oxygen atoms in total. The van der Waals surface area contributed by atoms with Gasteiger partial charge in [-0.3, -0.25) is 20.2 Å². The maximum absolute atomic E-state index is 12.4. The highest BCUT2D eigenvalue weighted by Gasteiger charge is 2.18. The van der Waals surface area contributed by atoms with E-state index in [2.05, 4.69) is 15.5 Å². The molecule has 146 valence electrons. The standard InChI is InChI=1S/C18H17ClN4O4S/c19-14-11-12(23(25)26)5-6-13(14)17(24)21-18(28)20-15-3-1-2-4-16(15)22-7-9-27-10-8-22/h1-6,11H,7-10H2,(H2,20,21,24,28). The van der Waals surface area contributed by atoms with Crippen molar-refractivity contribution in [1.82, 2.24) is 5.32 Å². The highest BCUT2D eigenvalue weighted by atomic mass is 35.5. The molecule has 0 atom stereocenters. The molecule has 1 aliphatic heterocycles. The molecule has 2 aromatic rings. The van der Waals surface area contributed by atoms with Gasteiger partial charge in [0.15, 0.2) is 5.11 Å². The van der Waals surface area contributed by atoms with Gasteiger partial charge in [0, 0.05) is 25.2 Å². The molecule has 2 N–H and O–H groups in total. The third-order valence-corrected chi connectivity index (χ3v) is 4.66. The number of anilines is 2. The number of nitro groups is 1. The minimum atomic E-state index is -0.581. The van der Waals surface area contributed by atoms with Gasteiger partial charge in [-0.15, -0.1) is 0 Å². The fraction of sp³-hybridized carbons (Fsp3) is 0.222. The molecule has 0 aliphatic carbocycles. The highest BCUT2D eigenvalue weighted by molar-refractivity contribution is 7.80. The number of ether oxygens (including phenoxy) is 1. The highest BCUT2D eigenvalue weighted by Crippen LogP contribution is 2.26. The summed E-state index contributed by atoms with van der Waals surface area (Å²) >= 11 is 11.2. The lowest BCUT2D eigenvalue weighted by Crippen LogP contribution is -2.38. The van der Waals surface area contributed by atoms with Crippen LogP contribution >= 0.6 is 23.8 Å². The van der Waals surface area contributed by atoms with Crippen molar-refractivity contribution < 1.29 is 14.5 Å². The quantitative estimate of drug-likeness (QED) is 0.445. The van der Waals surface area contributed by atoms with Gasteiger partial charge >= 0.3 is 0 Å².